The first-order chi connectivity index (χ1) is 12.2. The largest absolute Gasteiger partial charge is 0.493 e. The minimum Gasteiger partial charge on any atom is -0.493 e. The SMILES string of the molecule is CCCCOc1cc(C=C2C(=O)N(C)c3ccccc32)ccc1OC. The Morgan fingerprint density at radius 2 is 1.92 bits per heavy atom. The fourth-order valence-corrected chi connectivity index (χ4v) is 2.93. The highest BCUT2D eigenvalue weighted by Crippen LogP contribution is 2.37. The molecule has 4 heteroatoms. The first kappa shape index (κ1) is 17.1. The molecule has 0 atom stereocenters. The average Bonchev–Trinajstić information content (AvgIpc) is 2.87. The van der Waals surface area contributed by atoms with E-state index >= 15 is 0 Å². The number of benzene rings is 2. The third-order valence-electron chi connectivity index (χ3n) is 4.34. The van der Waals surface area contributed by atoms with E-state index in [0.29, 0.717) is 23.7 Å². The van der Waals surface area contributed by atoms with Crippen LogP contribution in [0, 0.1) is 0 Å². The molecule has 0 N–H and O–H groups in total. The highest BCUT2D eigenvalue weighted by molar-refractivity contribution is 6.35. The molecule has 2 aromatic rings. The van der Waals surface area contributed by atoms with E-state index in [2.05, 4.69) is 6.92 Å². The van der Waals surface area contributed by atoms with Gasteiger partial charge in [0.05, 0.1) is 19.4 Å². The fraction of sp³-hybridized carbons (Fsp3) is 0.286. The smallest absolute Gasteiger partial charge is 0.258 e. The number of amides is 1. The molecular weight excluding hydrogens is 314 g/mol. The maximum Gasteiger partial charge on any atom is 0.258 e. The van der Waals surface area contributed by atoms with Crippen molar-refractivity contribution in [3.8, 4) is 11.5 Å². The Balaban J connectivity index is 1.96. The Kier molecular flexibility index (Phi) is 5.08. The summed E-state index contributed by atoms with van der Waals surface area (Å²) in [6, 6.07) is 13.6. The third-order valence-corrected chi connectivity index (χ3v) is 4.34. The molecule has 0 unspecified atom stereocenters. The molecule has 0 saturated heterocycles. The highest BCUT2D eigenvalue weighted by Gasteiger charge is 2.29. The zero-order valence-corrected chi connectivity index (χ0v) is 14.9. The normalized spacial score (nSPS) is 14.8. The molecule has 1 amide bonds. The minimum absolute atomic E-state index is 0.00506. The Bertz CT molecular complexity index is 811. The van der Waals surface area contributed by atoms with Crippen LogP contribution in [0.2, 0.25) is 0 Å². The van der Waals surface area contributed by atoms with Crippen LogP contribution in [0.4, 0.5) is 5.69 Å². The van der Waals surface area contributed by atoms with Crippen molar-refractivity contribution in [1.29, 1.82) is 0 Å². The van der Waals surface area contributed by atoms with Crippen LogP contribution in [0.1, 0.15) is 30.9 Å². The van der Waals surface area contributed by atoms with Gasteiger partial charge in [-0.25, -0.2) is 0 Å². The number of anilines is 1. The summed E-state index contributed by atoms with van der Waals surface area (Å²) < 4.78 is 11.2. The molecule has 0 aliphatic carbocycles. The number of methoxy groups -OCH3 is 1. The van der Waals surface area contributed by atoms with Crippen molar-refractivity contribution < 1.29 is 14.3 Å². The van der Waals surface area contributed by atoms with E-state index in [1.54, 1.807) is 19.1 Å². The minimum atomic E-state index is 0.00506. The molecule has 1 aliphatic heterocycles. The Morgan fingerprint density at radius 1 is 1.12 bits per heavy atom. The molecular formula is C21H23NO3. The molecule has 2 aromatic carbocycles. The van der Waals surface area contributed by atoms with Gasteiger partial charge in [-0.15, -0.1) is 0 Å². The van der Waals surface area contributed by atoms with Crippen LogP contribution in [0.25, 0.3) is 11.6 Å². The summed E-state index contributed by atoms with van der Waals surface area (Å²) in [6.07, 6.45) is 3.98. The number of fused-ring (bicyclic) bond motifs is 1. The average molecular weight is 337 g/mol. The molecule has 0 fully saturated rings. The maximum absolute atomic E-state index is 12.6. The van der Waals surface area contributed by atoms with Crippen LogP contribution in [0.5, 0.6) is 11.5 Å². The molecule has 0 saturated carbocycles. The van der Waals surface area contributed by atoms with E-state index in [1.165, 1.54) is 0 Å². The van der Waals surface area contributed by atoms with E-state index in [1.807, 2.05) is 48.5 Å². The first-order valence-electron chi connectivity index (χ1n) is 8.55. The summed E-state index contributed by atoms with van der Waals surface area (Å²) in [5.41, 5.74) is 3.51. The van der Waals surface area contributed by atoms with E-state index in [4.69, 9.17) is 9.47 Å². The second-order valence-corrected chi connectivity index (χ2v) is 6.05. The predicted octanol–water partition coefficient (Wildman–Crippen LogP) is 4.39. The number of rotatable bonds is 6. The summed E-state index contributed by atoms with van der Waals surface area (Å²) in [5, 5.41) is 0. The molecule has 1 heterocycles. The van der Waals surface area contributed by atoms with Gasteiger partial charge in [-0.1, -0.05) is 37.6 Å². The van der Waals surface area contributed by atoms with Crippen LogP contribution in [-0.4, -0.2) is 26.7 Å². The van der Waals surface area contributed by atoms with Gasteiger partial charge in [0.15, 0.2) is 11.5 Å². The van der Waals surface area contributed by atoms with Crippen LogP contribution in [-0.2, 0) is 4.79 Å². The lowest BCUT2D eigenvalue weighted by atomic mass is 10.0. The zero-order chi connectivity index (χ0) is 17.8. The summed E-state index contributed by atoms with van der Waals surface area (Å²) in [4.78, 5) is 14.3. The quantitative estimate of drug-likeness (QED) is 0.579. The summed E-state index contributed by atoms with van der Waals surface area (Å²) >= 11 is 0. The van der Waals surface area contributed by atoms with Crippen LogP contribution in [0.3, 0.4) is 0 Å². The number of carbonyl (C=O) groups is 1. The third kappa shape index (κ3) is 3.38. The van der Waals surface area contributed by atoms with Gasteiger partial charge in [0.1, 0.15) is 0 Å². The van der Waals surface area contributed by atoms with Gasteiger partial charge < -0.3 is 14.4 Å². The number of unbranched alkanes of at least 4 members (excludes halogenated alkanes) is 1. The monoisotopic (exact) mass is 337 g/mol. The van der Waals surface area contributed by atoms with Crippen molar-refractivity contribution >= 4 is 23.2 Å². The van der Waals surface area contributed by atoms with Gasteiger partial charge in [-0.2, -0.15) is 0 Å². The van der Waals surface area contributed by atoms with E-state index < -0.39 is 0 Å². The number of carbonyl (C=O) groups excluding carboxylic acids is 1. The fourth-order valence-electron chi connectivity index (χ4n) is 2.93. The molecule has 25 heavy (non-hydrogen) atoms. The number of nitrogens with zero attached hydrogens (tertiary/aromatic N) is 1. The molecule has 0 bridgehead atoms. The van der Waals surface area contributed by atoms with Crippen molar-refractivity contribution in [2.24, 2.45) is 0 Å². The molecule has 0 spiro atoms. The number of hydrogen-bond acceptors (Lipinski definition) is 3. The summed E-state index contributed by atoms with van der Waals surface area (Å²) in [5.74, 6) is 1.41. The Morgan fingerprint density at radius 3 is 2.68 bits per heavy atom. The summed E-state index contributed by atoms with van der Waals surface area (Å²) in [7, 11) is 3.43. The zero-order valence-electron chi connectivity index (χ0n) is 14.9. The number of likely N-dealkylation sites (N-methyl/N-ethyl adjacent to an activating group) is 1. The standard InChI is InChI=1S/C21H23NO3/c1-4-5-12-25-20-14-15(10-11-19(20)24-3)13-17-16-8-6-7-9-18(16)22(2)21(17)23/h6-11,13-14H,4-5,12H2,1-3H3. The lowest BCUT2D eigenvalue weighted by Crippen LogP contribution is -2.20. The van der Waals surface area contributed by atoms with Crippen molar-refractivity contribution in [3.05, 3.63) is 53.6 Å². The Hall–Kier alpha value is -2.75. The van der Waals surface area contributed by atoms with Gasteiger partial charge in [-0.05, 0) is 36.3 Å². The topological polar surface area (TPSA) is 38.8 Å². The summed E-state index contributed by atoms with van der Waals surface area (Å²) in [6.45, 7) is 2.78. The van der Waals surface area contributed by atoms with Crippen LogP contribution < -0.4 is 14.4 Å². The molecule has 4 nitrogen and oxygen atoms in total. The van der Waals surface area contributed by atoms with E-state index in [9.17, 15) is 4.79 Å². The van der Waals surface area contributed by atoms with Gasteiger partial charge in [0.25, 0.3) is 5.91 Å². The van der Waals surface area contributed by atoms with Crippen molar-refractivity contribution in [1.82, 2.24) is 0 Å². The van der Waals surface area contributed by atoms with Gasteiger partial charge in [0, 0.05) is 18.2 Å². The van der Waals surface area contributed by atoms with Crippen molar-refractivity contribution in [2.45, 2.75) is 19.8 Å². The van der Waals surface area contributed by atoms with Crippen molar-refractivity contribution in [2.75, 3.05) is 25.7 Å². The molecule has 0 aromatic heterocycles. The molecule has 1 aliphatic rings. The predicted molar refractivity (Wildman–Crippen MR) is 101 cm³/mol. The Labute approximate surface area is 148 Å². The van der Waals surface area contributed by atoms with Crippen LogP contribution >= 0.6 is 0 Å². The van der Waals surface area contributed by atoms with Crippen LogP contribution in [0.15, 0.2) is 42.5 Å². The van der Waals surface area contributed by atoms with Crippen molar-refractivity contribution in [3.63, 3.8) is 0 Å². The molecule has 130 valence electrons. The molecule has 0 radical (unpaired) electrons. The maximum atomic E-state index is 12.6. The number of ether oxygens (including phenoxy) is 2. The highest BCUT2D eigenvalue weighted by atomic mass is 16.5. The number of para-hydroxylation sites is 1. The molecule has 3 rings (SSSR count). The lowest BCUT2D eigenvalue weighted by Gasteiger charge is -2.11. The van der Waals surface area contributed by atoms with Gasteiger partial charge >= 0.3 is 0 Å². The number of hydrogen-bond donors (Lipinski definition) is 0. The van der Waals surface area contributed by atoms with E-state index in [0.717, 1.165) is 29.7 Å². The van der Waals surface area contributed by atoms with E-state index in [-0.39, 0.29) is 5.91 Å². The second kappa shape index (κ2) is 7.43. The van der Waals surface area contributed by atoms with Gasteiger partial charge in [-0.3, -0.25) is 4.79 Å². The first-order valence-corrected chi connectivity index (χ1v) is 8.55. The second-order valence-electron chi connectivity index (χ2n) is 6.05. The lowest BCUT2D eigenvalue weighted by molar-refractivity contribution is -0.112. The van der Waals surface area contributed by atoms with Gasteiger partial charge in [0.2, 0.25) is 0 Å².